The SMILES string of the molecule is CC1C=CC2=C(C1)c1ccccc1C21c2ccccc2-c2c1c1cc(N(c3ccc(C(C)(C)C)cc3)c3ccc(C(C)(C)C)cc3)ccc1n2-c1cc(-c2ccccn2)cc(C2C=CC=CN2)c1. The van der Waals surface area contributed by atoms with Gasteiger partial charge < -0.3 is 14.8 Å². The third-order valence-electron chi connectivity index (χ3n) is 15.0. The molecule has 4 aliphatic rings. The fraction of sp³-hybridized carbons (Fsp3) is 0.203. The van der Waals surface area contributed by atoms with E-state index in [0.717, 1.165) is 40.4 Å². The Morgan fingerprint density at radius 3 is 1.94 bits per heavy atom. The average molecular weight is 883 g/mol. The molecule has 3 unspecified atom stereocenters. The van der Waals surface area contributed by atoms with Crippen molar-refractivity contribution in [2.24, 2.45) is 5.92 Å². The molecule has 334 valence electrons. The Labute approximate surface area is 401 Å². The lowest BCUT2D eigenvalue weighted by atomic mass is 9.68. The van der Waals surface area contributed by atoms with Gasteiger partial charge in [-0.25, -0.2) is 0 Å². The molecular formula is C64H58N4. The van der Waals surface area contributed by atoms with Crippen molar-refractivity contribution in [3.63, 3.8) is 0 Å². The Balaban J connectivity index is 1.19. The van der Waals surface area contributed by atoms with Crippen LogP contribution in [0.25, 0.3) is 44.7 Å². The van der Waals surface area contributed by atoms with E-state index in [1.807, 2.05) is 18.5 Å². The molecule has 0 saturated heterocycles. The molecule has 6 aromatic carbocycles. The Bertz CT molecular complexity index is 3360. The van der Waals surface area contributed by atoms with Crippen molar-refractivity contribution in [2.75, 3.05) is 4.90 Å². The predicted octanol–water partition coefficient (Wildman–Crippen LogP) is 16.1. The van der Waals surface area contributed by atoms with Crippen LogP contribution in [-0.2, 0) is 16.2 Å². The van der Waals surface area contributed by atoms with E-state index in [4.69, 9.17) is 4.98 Å². The number of nitrogens with zero attached hydrogens (tertiary/aromatic N) is 3. The van der Waals surface area contributed by atoms with Gasteiger partial charge >= 0.3 is 0 Å². The summed E-state index contributed by atoms with van der Waals surface area (Å²) < 4.78 is 2.58. The smallest absolute Gasteiger partial charge is 0.0744 e. The van der Waals surface area contributed by atoms with Crippen LogP contribution in [0.15, 0.2) is 200 Å². The van der Waals surface area contributed by atoms with Crippen LogP contribution < -0.4 is 10.2 Å². The summed E-state index contributed by atoms with van der Waals surface area (Å²) in [6.45, 7) is 16.1. The summed E-state index contributed by atoms with van der Waals surface area (Å²) in [5, 5.41) is 4.88. The number of benzene rings is 6. The van der Waals surface area contributed by atoms with Crippen LogP contribution in [-0.4, -0.2) is 9.55 Å². The van der Waals surface area contributed by atoms with Gasteiger partial charge in [0.25, 0.3) is 0 Å². The average Bonchev–Trinajstić information content (AvgIpc) is 3.95. The highest BCUT2D eigenvalue weighted by molar-refractivity contribution is 6.07. The van der Waals surface area contributed by atoms with Crippen molar-refractivity contribution < 1.29 is 0 Å². The van der Waals surface area contributed by atoms with Crippen LogP contribution in [0.5, 0.6) is 0 Å². The lowest BCUT2D eigenvalue weighted by Gasteiger charge is -2.33. The number of aromatic nitrogens is 2. The van der Waals surface area contributed by atoms with E-state index in [2.05, 4.69) is 239 Å². The number of rotatable bonds is 6. The zero-order valence-electron chi connectivity index (χ0n) is 40.2. The highest BCUT2D eigenvalue weighted by Gasteiger charge is 2.55. The summed E-state index contributed by atoms with van der Waals surface area (Å²) in [6, 6.07) is 57.5. The van der Waals surface area contributed by atoms with Crippen LogP contribution in [0.2, 0.25) is 0 Å². The van der Waals surface area contributed by atoms with E-state index in [9.17, 15) is 0 Å². The Hall–Kier alpha value is -7.43. The van der Waals surface area contributed by atoms with Crippen LogP contribution in [0.1, 0.15) is 99.9 Å². The monoisotopic (exact) mass is 882 g/mol. The largest absolute Gasteiger partial charge is 0.381 e. The van der Waals surface area contributed by atoms with Crippen LogP contribution >= 0.6 is 0 Å². The lowest BCUT2D eigenvalue weighted by Crippen LogP contribution is -2.27. The van der Waals surface area contributed by atoms with E-state index in [0.29, 0.717) is 5.92 Å². The van der Waals surface area contributed by atoms with Crippen LogP contribution in [0.3, 0.4) is 0 Å². The van der Waals surface area contributed by atoms with Crippen LogP contribution in [0.4, 0.5) is 17.1 Å². The van der Waals surface area contributed by atoms with Gasteiger partial charge in [0.2, 0.25) is 0 Å². The maximum Gasteiger partial charge on any atom is 0.0744 e. The topological polar surface area (TPSA) is 33.1 Å². The van der Waals surface area contributed by atoms with Gasteiger partial charge in [0.05, 0.1) is 28.4 Å². The zero-order valence-corrected chi connectivity index (χ0v) is 40.2. The third-order valence-corrected chi connectivity index (χ3v) is 15.0. The Morgan fingerprint density at radius 2 is 1.29 bits per heavy atom. The first-order chi connectivity index (χ1) is 32.9. The molecule has 1 spiro atoms. The minimum Gasteiger partial charge on any atom is -0.381 e. The number of pyridine rings is 1. The highest BCUT2D eigenvalue weighted by Crippen LogP contribution is 2.66. The predicted molar refractivity (Wildman–Crippen MR) is 284 cm³/mol. The van der Waals surface area contributed by atoms with Crippen molar-refractivity contribution in [3.05, 3.63) is 239 Å². The molecule has 12 rings (SSSR count). The summed E-state index contributed by atoms with van der Waals surface area (Å²) >= 11 is 0. The van der Waals surface area contributed by atoms with Gasteiger partial charge in [-0.3, -0.25) is 4.98 Å². The minimum atomic E-state index is -0.524. The summed E-state index contributed by atoms with van der Waals surface area (Å²) in [6.07, 6.45) is 16.3. The first kappa shape index (κ1) is 42.0. The number of hydrogen-bond acceptors (Lipinski definition) is 3. The van der Waals surface area contributed by atoms with E-state index in [1.165, 1.54) is 72.3 Å². The molecule has 2 aromatic heterocycles. The quantitative estimate of drug-likeness (QED) is 0.181. The second-order valence-corrected chi connectivity index (χ2v) is 21.4. The molecule has 4 nitrogen and oxygen atoms in total. The van der Waals surface area contributed by atoms with Crippen molar-refractivity contribution in [1.29, 1.82) is 0 Å². The van der Waals surface area contributed by atoms with E-state index in [-0.39, 0.29) is 16.9 Å². The third kappa shape index (κ3) is 6.52. The molecule has 4 heteroatoms. The second kappa shape index (κ2) is 15.6. The normalized spacial score (nSPS) is 19.0. The van der Waals surface area contributed by atoms with Gasteiger partial charge in [-0.05, 0) is 153 Å². The van der Waals surface area contributed by atoms with Crippen molar-refractivity contribution in [1.82, 2.24) is 14.9 Å². The molecule has 1 N–H and O–H groups in total. The fourth-order valence-corrected chi connectivity index (χ4v) is 11.7. The van der Waals surface area contributed by atoms with E-state index >= 15 is 0 Å². The number of anilines is 3. The molecule has 8 aromatic rings. The van der Waals surface area contributed by atoms with Crippen molar-refractivity contribution in [2.45, 2.75) is 77.2 Å². The van der Waals surface area contributed by atoms with Gasteiger partial charge in [0.1, 0.15) is 0 Å². The second-order valence-electron chi connectivity index (χ2n) is 21.4. The van der Waals surface area contributed by atoms with Crippen molar-refractivity contribution in [3.8, 4) is 28.2 Å². The van der Waals surface area contributed by atoms with Gasteiger partial charge in [-0.2, -0.15) is 0 Å². The number of fused-ring (bicyclic) bond motifs is 11. The molecule has 0 amide bonds. The molecule has 0 saturated carbocycles. The number of nitrogens with one attached hydrogen (secondary N) is 1. The van der Waals surface area contributed by atoms with Gasteiger partial charge in [0.15, 0.2) is 0 Å². The molecule has 1 aliphatic heterocycles. The Morgan fingerprint density at radius 1 is 0.647 bits per heavy atom. The summed E-state index contributed by atoms with van der Waals surface area (Å²) in [5.41, 5.74) is 21.9. The van der Waals surface area contributed by atoms with E-state index in [1.54, 1.807) is 0 Å². The first-order valence-corrected chi connectivity index (χ1v) is 24.4. The van der Waals surface area contributed by atoms with Crippen molar-refractivity contribution >= 4 is 33.5 Å². The number of dihydropyridines is 1. The summed E-state index contributed by atoms with van der Waals surface area (Å²) in [5.74, 6) is 0.453. The Kier molecular flexibility index (Phi) is 9.61. The maximum absolute atomic E-state index is 4.91. The molecule has 3 aliphatic carbocycles. The summed E-state index contributed by atoms with van der Waals surface area (Å²) in [4.78, 5) is 7.37. The first-order valence-electron chi connectivity index (χ1n) is 24.4. The van der Waals surface area contributed by atoms with Gasteiger partial charge in [-0.1, -0.05) is 152 Å². The maximum atomic E-state index is 4.91. The summed E-state index contributed by atoms with van der Waals surface area (Å²) in [7, 11) is 0. The number of hydrogen-bond donors (Lipinski definition) is 1. The van der Waals surface area contributed by atoms with Crippen LogP contribution in [0, 0.1) is 5.92 Å². The van der Waals surface area contributed by atoms with Gasteiger partial charge in [-0.15, -0.1) is 0 Å². The molecule has 68 heavy (non-hydrogen) atoms. The molecule has 0 radical (unpaired) electrons. The molecular weight excluding hydrogens is 825 g/mol. The molecule has 0 fully saturated rings. The number of allylic oxidation sites excluding steroid dienone is 6. The molecule has 3 atom stereocenters. The lowest BCUT2D eigenvalue weighted by molar-refractivity contribution is 0.590. The standard InChI is InChI=1S/C64H58N4/c1-41-22-32-56-52(36-41)50-16-8-10-18-54(50)64(56)55-19-11-9-17-51(55)61-60(64)53-40-48(67(46-27-23-44(24-28-46)62(2,3)4)47-29-25-45(26-30-47)63(5,6)7)31-33-59(53)68(61)49-38-42(57-20-12-14-34-65-57)37-43(39-49)58-21-13-15-35-66-58/h8-35,37-41,57,65H,36H2,1-7H3. The zero-order chi connectivity index (χ0) is 46.5. The molecule has 0 bridgehead atoms. The molecule has 3 heterocycles. The highest BCUT2D eigenvalue weighted by atomic mass is 15.1. The minimum absolute atomic E-state index is 0.00853. The fourth-order valence-electron chi connectivity index (χ4n) is 11.7. The van der Waals surface area contributed by atoms with Gasteiger partial charge in [0, 0.05) is 51.0 Å². The van der Waals surface area contributed by atoms with E-state index < -0.39 is 5.41 Å².